The van der Waals surface area contributed by atoms with Crippen LogP contribution in [0.25, 0.3) is 0 Å². The van der Waals surface area contributed by atoms with E-state index in [0.717, 1.165) is 21.4 Å². The third kappa shape index (κ3) is 3.41. The Balaban J connectivity index is 2.15. The highest BCUT2D eigenvalue weighted by atomic mass is 79.9. The van der Waals surface area contributed by atoms with Gasteiger partial charge in [-0.05, 0) is 40.5 Å². The average molecular weight is 329 g/mol. The average Bonchev–Trinajstić information content (AvgIpc) is 2.34. The summed E-state index contributed by atoms with van der Waals surface area (Å²) in [7, 11) is 1.99. The minimum absolute atomic E-state index is 0.596. The number of nitrogens with two attached hydrogens (primary N) is 1. The van der Waals surface area contributed by atoms with Gasteiger partial charge in [0, 0.05) is 49.8 Å². The molecular weight excluding hydrogens is 308 g/mol. The molecule has 0 radical (unpaired) electrons. The van der Waals surface area contributed by atoms with Crippen molar-refractivity contribution in [3.8, 4) is 0 Å². The van der Waals surface area contributed by atoms with E-state index in [1.54, 1.807) is 0 Å². The molecule has 1 heterocycles. The first-order chi connectivity index (χ1) is 8.91. The molecule has 5 heteroatoms. The molecule has 0 aromatic heterocycles. The topological polar surface area (TPSA) is 58.7 Å². The van der Waals surface area contributed by atoms with E-state index in [-0.39, 0.29) is 0 Å². The van der Waals surface area contributed by atoms with Gasteiger partial charge in [-0.1, -0.05) is 0 Å². The van der Waals surface area contributed by atoms with Crippen molar-refractivity contribution in [2.45, 2.75) is 25.4 Å². The van der Waals surface area contributed by atoms with E-state index in [1.165, 1.54) is 0 Å². The number of rotatable bonds is 3. The monoisotopic (exact) mass is 328 g/mol. The van der Waals surface area contributed by atoms with Gasteiger partial charge in [-0.15, -0.1) is 0 Å². The molecule has 1 aliphatic rings. The number of halogens is 1. The van der Waals surface area contributed by atoms with E-state index in [0.29, 0.717) is 32.6 Å². The second kappa shape index (κ2) is 5.69. The molecule has 4 nitrogen and oxygen atoms in total. The highest BCUT2D eigenvalue weighted by Crippen LogP contribution is 2.32. The first-order valence-corrected chi connectivity index (χ1v) is 7.27. The van der Waals surface area contributed by atoms with Crippen molar-refractivity contribution in [1.29, 1.82) is 0 Å². The SMILES string of the molecule is Cc1cc(N(C)CC2(O)CCOCC2)c(Br)cc1N. The highest BCUT2D eigenvalue weighted by Gasteiger charge is 2.31. The van der Waals surface area contributed by atoms with Gasteiger partial charge in [-0.2, -0.15) is 0 Å². The quantitative estimate of drug-likeness (QED) is 0.836. The molecule has 19 heavy (non-hydrogen) atoms. The van der Waals surface area contributed by atoms with Crippen molar-refractivity contribution in [1.82, 2.24) is 0 Å². The van der Waals surface area contributed by atoms with E-state index < -0.39 is 5.60 Å². The Labute approximate surface area is 122 Å². The van der Waals surface area contributed by atoms with Crippen molar-refractivity contribution in [2.75, 3.05) is 37.4 Å². The van der Waals surface area contributed by atoms with Gasteiger partial charge < -0.3 is 20.5 Å². The summed E-state index contributed by atoms with van der Waals surface area (Å²) in [4.78, 5) is 2.07. The van der Waals surface area contributed by atoms with E-state index >= 15 is 0 Å². The summed E-state index contributed by atoms with van der Waals surface area (Å²) in [5.74, 6) is 0. The van der Waals surface area contributed by atoms with Crippen LogP contribution in [-0.4, -0.2) is 37.5 Å². The first-order valence-electron chi connectivity index (χ1n) is 6.48. The molecular formula is C14H21BrN2O2. The van der Waals surface area contributed by atoms with Gasteiger partial charge in [0.05, 0.1) is 11.3 Å². The molecule has 1 saturated heterocycles. The van der Waals surface area contributed by atoms with Crippen LogP contribution in [0.2, 0.25) is 0 Å². The highest BCUT2D eigenvalue weighted by molar-refractivity contribution is 9.10. The van der Waals surface area contributed by atoms with Gasteiger partial charge in [0.15, 0.2) is 0 Å². The predicted octanol–water partition coefficient (Wildman–Crippen LogP) is 2.32. The largest absolute Gasteiger partial charge is 0.398 e. The minimum atomic E-state index is -0.665. The van der Waals surface area contributed by atoms with E-state index in [4.69, 9.17) is 10.5 Å². The van der Waals surface area contributed by atoms with Gasteiger partial charge >= 0.3 is 0 Å². The van der Waals surface area contributed by atoms with Crippen LogP contribution >= 0.6 is 15.9 Å². The van der Waals surface area contributed by atoms with E-state index in [1.807, 2.05) is 26.1 Å². The zero-order valence-corrected chi connectivity index (χ0v) is 13.0. The Morgan fingerprint density at radius 1 is 1.42 bits per heavy atom. The summed E-state index contributed by atoms with van der Waals surface area (Å²) in [6, 6.07) is 3.96. The number of anilines is 2. The molecule has 1 fully saturated rings. The van der Waals surface area contributed by atoms with Crippen LogP contribution in [0.4, 0.5) is 11.4 Å². The number of ether oxygens (including phenoxy) is 1. The molecule has 1 aromatic rings. The molecule has 0 unspecified atom stereocenters. The van der Waals surface area contributed by atoms with Crippen molar-refractivity contribution < 1.29 is 9.84 Å². The van der Waals surface area contributed by atoms with Crippen molar-refractivity contribution in [3.05, 3.63) is 22.2 Å². The zero-order chi connectivity index (χ0) is 14.0. The molecule has 0 aliphatic carbocycles. The minimum Gasteiger partial charge on any atom is -0.398 e. The maximum absolute atomic E-state index is 10.6. The van der Waals surface area contributed by atoms with E-state index in [2.05, 4.69) is 20.8 Å². The molecule has 0 amide bonds. The number of aliphatic hydroxyl groups is 1. The number of aryl methyl sites for hydroxylation is 1. The van der Waals surface area contributed by atoms with Crippen LogP contribution < -0.4 is 10.6 Å². The fourth-order valence-corrected chi connectivity index (χ4v) is 3.07. The maximum atomic E-state index is 10.6. The van der Waals surface area contributed by atoms with Gasteiger partial charge in [-0.25, -0.2) is 0 Å². The lowest BCUT2D eigenvalue weighted by atomic mass is 9.93. The third-order valence-electron chi connectivity index (χ3n) is 3.70. The standard InChI is InChI=1S/C14H21BrN2O2/c1-10-7-13(11(15)8-12(10)16)17(2)9-14(18)3-5-19-6-4-14/h7-8,18H,3-6,9,16H2,1-2H3. The van der Waals surface area contributed by atoms with Gasteiger partial charge in [0.1, 0.15) is 0 Å². The summed E-state index contributed by atoms with van der Waals surface area (Å²) in [6.45, 7) is 3.85. The normalized spacial score (nSPS) is 18.3. The Kier molecular flexibility index (Phi) is 4.38. The molecule has 0 saturated carbocycles. The molecule has 1 aromatic carbocycles. The van der Waals surface area contributed by atoms with E-state index in [9.17, 15) is 5.11 Å². The van der Waals surface area contributed by atoms with Crippen LogP contribution in [-0.2, 0) is 4.74 Å². The summed E-state index contributed by atoms with van der Waals surface area (Å²) >= 11 is 3.54. The van der Waals surface area contributed by atoms with Gasteiger partial charge in [-0.3, -0.25) is 0 Å². The molecule has 3 N–H and O–H groups in total. The molecule has 0 atom stereocenters. The second-order valence-electron chi connectivity index (χ2n) is 5.35. The summed E-state index contributed by atoms with van der Waals surface area (Å²) in [5, 5.41) is 10.6. The van der Waals surface area contributed by atoms with Crippen LogP contribution in [0.15, 0.2) is 16.6 Å². The summed E-state index contributed by atoms with van der Waals surface area (Å²) < 4.78 is 6.26. The van der Waals surface area contributed by atoms with Gasteiger partial charge in [0.25, 0.3) is 0 Å². The Morgan fingerprint density at radius 2 is 2.05 bits per heavy atom. The summed E-state index contributed by atoms with van der Waals surface area (Å²) in [6.07, 6.45) is 1.37. The number of likely N-dealkylation sites (N-methyl/N-ethyl adjacent to an activating group) is 1. The van der Waals surface area contributed by atoms with Crippen LogP contribution in [0, 0.1) is 6.92 Å². The second-order valence-corrected chi connectivity index (χ2v) is 6.21. The summed E-state index contributed by atoms with van der Waals surface area (Å²) in [5.41, 5.74) is 8.09. The third-order valence-corrected chi connectivity index (χ3v) is 4.34. The molecule has 0 spiro atoms. The molecule has 0 bridgehead atoms. The zero-order valence-electron chi connectivity index (χ0n) is 11.4. The van der Waals surface area contributed by atoms with Crippen molar-refractivity contribution in [2.24, 2.45) is 0 Å². The van der Waals surface area contributed by atoms with Gasteiger partial charge in [0.2, 0.25) is 0 Å². The lowest BCUT2D eigenvalue weighted by molar-refractivity contribution is -0.0572. The van der Waals surface area contributed by atoms with Crippen LogP contribution in [0.3, 0.4) is 0 Å². The van der Waals surface area contributed by atoms with Crippen LogP contribution in [0.5, 0.6) is 0 Å². The number of hydrogen-bond donors (Lipinski definition) is 2. The maximum Gasteiger partial charge on any atom is 0.0865 e. The molecule has 106 valence electrons. The fourth-order valence-electron chi connectivity index (χ4n) is 2.41. The number of nitrogens with zero attached hydrogens (tertiary/aromatic N) is 1. The van der Waals surface area contributed by atoms with Crippen LogP contribution in [0.1, 0.15) is 18.4 Å². The number of hydrogen-bond acceptors (Lipinski definition) is 4. The Bertz CT molecular complexity index is 459. The molecule has 1 aliphatic heterocycles. The van der Waals surface area contributed by atoms with Crippen molar-refractivity contribution >= 4 is 27.3 Å². The fraction of sp³-hybridized carbons (Fsp3) is 0.571. The predicted molar refractivity (Wildman–Crippen MR) is 81.6 cm³/mol. The Hall–Kier alpha value is -0.780. The smallest absolute Gasteiger partial charge is 0.0865 e. The lowest BCUT2D eigenvalue weighted by Crippen LogP contribution is -2.45. The van der Waals surface area contributed by atoms with Crippen molar-refractivity contribution in [3.63, 3.8) is 0 Å². The first kappa shape index (κ1) is 14.6. The lowest BCUT2D eigenvalue weighted by Gasteiger charge is -2.36. The number of benzene rings is 1. The Morgan fingerprint density at radius 3 is 2.68 bits per heavy atom. The number of nitrogen functional groups attached to an aromatic ring is 1. The molecule has 2 rings (SSSR count).